The summed E-state index contributed by atoms with van der Waals surface area (Å²) in [6.45, 7) is -0.0660. The number of rotatable bonds is 11. The molecule has 0 unspecified atom stereocenters. The van der Waals surface area contributed by atoms with Gasteiger partial charge in [0.25, 0.3) is 5.91 Å². The molecule has 0 radical (unpaired) electrons. The summed E-state index contributed by atoms with van der Waals surface area (Å²) in [5, 5.41) is 25.0. The first-order valence-electron chi connectivity index (χ1n) is 9.66. The molecule has 160 valence electrons. The summed E-state index contributed by atoms with van der Waals surface area (Å²) >= 11 is 5.83. The van der Waals surface area contributed by atoms with Crippen LogP contribution in [0.15, 0.2) is 54.6 Å². The van der Waals surface area contributed by atoms with E-state index in [2.05, 4.69) is 10.6 Å². The van der Waals surface area contributed by atoms with Crippen molar-refractivity contribution in [2.24, 2.45) is 0 Å². The van der Waals surface area contributed by atoms with Gasteiger partial charge in [-0.05, 0) is 49.1 Å². The Morgan fingerprint density at radius 2 is 1.73 bits per heavy atom. The van der Waals surface area contributed by atoms with Gasteiger partial charge in [0, 0.05) is 17.7 Å². The summed E-state index contributed by atoms with van der Waals surface area (Å²) in [6, 6.07) is 15.0. The maximum absolute atomic E-state index is 12.7. The minimum absolute atomic E-state index is 0.0660. The van der Waals surface area contributed by atoms with E-state index in [0.717, 1.165) is 12.0 Å². The lowest BCUT2D eigenvalue weighted by atomic mass is 9.76. The molecule has 2 rings (SSSR count). The summed E-state index contributed by atoms with van der Waals surface area (Å²) in [5.74, 6) is -1.89. The van der Waals surface area contributed by atoms with Crippen molar-refractivity contribution < 1.29 is 24.4 Å². The van der Waals surface area contributed by atoms with Crippen LogP contribution >= 0.6 is 11.6 Å². The number of nitrogens with one attached hydrogen (secondary N) is 2. The number of amides is 2. The smallest absolute Gasteiger partial charge is 0.426 e. The van der Waals surface area contributed by atoms with E-state index in [0.29, 0.717) is 23.4 Å². The van der Waals surface area contributed by atoms with Gasteiger partial charge in [0.15, 0.2) is 0 Å². The number of methoxy groups -OCH3 is 1. The van der Waals surface area contributed by atoms with Gasteiger partial charge in [0.1, 0.15) is 6.04 Å². The molecule has 0 aliphatic rings. The number of halogens is 1. The maximum atomic E-state index is 12.7. The summed E-state index contributed by atoms with van der Waals surface area (Å²) in [6.07, 6.45) is 1.76. The van der Waals surface area contributed by atoms with Crippen LogP contribution in [0.25, 0.3) is 0 Å². The van der Waals surface area contributed by atoms with Crippen molar-refractivity contribution in [3.8, 4) is 0 Å². The van der Waals surface area contributed by atoms with Crippen molar-refractivity contribution in [3.05, 3.63) is 70.7 Å². The fourth-order valence-electron chi connectivity index (χ4n) is 2.94. The molecule has 0 saturated carbocycles. The number of hydrogen-bond acceptors (Lipinski definition) is 5. The highest BCUT2D eigenvalue weighted by Crippen LogP contribution is 2.10. The topological polar surface area (TPSA) is 108 Å². The van der Waals surface area contributed by atoms with E-state index in [4.69, 9.17) is 16.3 Å². The Kier molecular flexibility index (Phi) is 9.83. The van der Waals surface area contributed by atoms with E-state index in [-0.39, 0.29) is 6.61 Å². The van der Waals surface area contributed by atoms with Crippen molar-refractivity contribution in [3.63, 3.8) is 0 Å². The molecular weight excluding hydrogens is 407 g/mol. The second kappa shape index (κ2) is 12.3. The highest BCUT2D eigenvalue weighted by atomic mass is 35.5. The van der Waals surface area contributed by atoms with E-state index >= 15 is 0 Å². The summed E-state index contributed by atoms with van der Waals surface area (Å²) < 4.78 is 5.04. The van der Waals surface area contributed by atoms with Crippen LogP contribution in [0.5, 0.6) is 0 Å². The number of carbonyl (C=O) groups excluding carboxylic acids is 2. The van der Waals surface area contributed by atoms with E-state index < -0.39 is 30.9 Å². The summed E-state index contributed by atoms with van der Waals surface area (Å²) in [7, 11) is -0.313. The normalized spacial score (nSPS) is 12.7. The van der Waals surface area contributed by atoms with Crippen molar-refractivity contribution in [2.45, 2.75) is 31.2 Å². The van der Waals surface area contributed by atoms with Gasteiger partial charge in [-0.15, -0.1) is 0 Å². The lowest BCUT2D eigenvalue weighted by Crippen LogP contribution is -2.55. The number of aryl methyl sites for hydroxylation is 1. The monoisotopic (exact) mass is 432 g/mol. The molecule has 0 aliphatic heterocycles. The van der Waals surface area contributed by atoms with E-state index in [9.17, 15) is 19.6 Å². The second-order valence-corrected chi connectivity index (χ2v) is 7.33. The van der Waals surface area contributed by atoms with Gasteiger partial charge < -0.3 is 25.4 Å². The van der Waals surface area contributed by atoms with Gasteiger partial charge in [-0.25, -0.2) is 0 Å². The summed E-state index contributed by atoms with van der Waals surface area (Å²) in [4.78, 5) is 25.1. The third-order valence-electron chi connectivity index (χ3n) is 4.57. The average molecular weight is 433 g/mol. The summed E-state index contributed by atoms with van der Waals surface area (Å²) in [5.41, 5.74) is 1.47. The van der Waals surface area contributed by atoms with Crippen LogP contribution in [-0.4, -0.2) is 54.7 Å². The second-order valence-electron chi connectivity index (χ2n) is 6.89. The molecule has 30 heavy (non-hydrogen) atoms. The Bertz CT molecular complexity index is 805. The maximum Gasteiger partial charge on any atom is 0.475 e. The minimum Gasteiger partial charge on any atom is -0.426 e. The quantitative estimate of drug-likeness (QED) is 0.403. The molecule has 2 atom stereocenters. The predicted molar refractivity (Wildman–Crippen MR) is 116 cm³/mol. The molecule has 0 saturated heterocycles. The van der Waals surface area contributed by atoms with Gasteiger partial charge >= 0.3 is 7.12 Å². The highest BCUT2D eigenvalue weighted by Gasteiger charge is 2.29. The third kappa shape index (κ3) is 7.80. The van der Waals surface area contributed by atoms with Crippen molar-refractivity contribution >= 4 is 30.5 Å². The van der Waals surface area contributed by atoms with Crippen LogP contribution in [-0.2, 0) is 16.0 Å². The minimum atomic E-state index is -1.72. The SMILES string of the molecule is COC[C@@H](NC(=O)c1ccc(Cl)cc1)C(=O)N[C@@H](CCCc1ccccc1)B(O)O. The molecule has 0 spiro atoms. The van der Waals surface area contributed by atoms with Crippen LogP contribution in [0, 0.1) is 0 Å². The molecule has 0 aliphatic carbocycles. The molecular formula is C21H26BClN2O5. The lowest BCUT2D eigenvalue weighted by molar-refractivity contribution is -0.124. The third-order valence-corrected chi connectivity index (χ3v) is 4.82. The van der Waals surface area contributed by atoms with Crippen LogP contribution in [0.2, 0.25) is 5.02 Å². The predicted octanol–water partition coefficient (Wildman–Crippen LogP) is 1.60. The van der Waals surface area contributed by atoms with E-state index in [1.54, 1.807) is 24.3 Å². The van der Waals surface area contributed by atoms with Gasteiger partial charge in [0.05, 0.1) is 12.5 Å². The van der Waals surface area contributed by atoms with E-state index in [1.165, 1.54) is 7.11 Å². The van der Waals surface area contributed by atoms with Crippen molar-refractivity contribution in [1.29, 1.82) is 0 Å². The molecule has 9 heteroatoms. The first kappa shape index (κ1) is 23.9. The van der Waals surface area contributed by atoms with E-state index in [1.807, 2.05) is 30.3 Å². The molecule has 0 fully saturated rings. The molecule has 4 N–H and O–H groups in total. The van der Waals surface area contributed by atoms with Gasteiger partial charge in [-0.3, -0.25) is 9.59 Å². The standard InChI is InChI=1S/C21H26BClN2O5/c1-30-14-18(24-20(26)16-10-12-17(23)13-11-16)21(27)25-19(22(28)29)9-5-8-15-6-3-2-4-7-15/h2-4,6-7,10-13,18-19,28-29H,5,8-9,14H2,1H3,(H,24,26)(H,25,27)/t18-,19+/m1/s1. The molecule has 2 aromatic rings. The molecule has 0 bridgehead atoms. The Labute approximate surface area is 181 Å². The largest absolute Gasteiger partial charge is 0.475 e. The van der Waals surface area contributed by atoms with Crippen LogP contribution in [0.4, 0.5) is 0 Å². The Hall–Kier alpha value is -2.39. The molecule has 0 heterocycles. The molecule has 0 aromatic heterocycles. The van der Waals surface area contributed by atoms with Gasteiger partial charge in [0.2, 0.25) is 5.91 Å². The number of benzene rings is 2. The number of carbonyl (C=O) groups is 2. The molecule has 7 nitrogen and oxygen atoms in total. The Morgan fingerprint density at radius 3 is 2.33 bits per heavy atom. The van der Waals surface area contributed by atoms with Gasteiger partial charge in [-0.1, -0.05) is 41.9 Å². The van der Waals surface area contributed by atoms with Gasteiger partial charge in [-0.2, -0.15) is 0 Å². The zero-order valence-corrected chi connectivity index (χ0v) is 17.5. The van der Waals surface area contributed by atoms with Crippen LogP contribution < -0.4 is 10.6 Å². The van der Waals surface area contributed by atoms with Crippen molar-refractivity contribution in [2.75, 3.05) is 13.7 Å². The first-order valence-corrected chi connectivity index (χ1v) is 10.0. The fraction of sp³-hybridized carbons (Fsp3) is 0.333. The average Bonchev–Trinajstić information content (AvgIpc) is 2.73. The molecule has 2 aromatic carbocycles. The van der Waals surface area contributed by atoms with Crippen molar-refractivity contribution in [1.82, 2.24) is 10.6 Å². The zero-order valence-electron chi connectivity index (χ0n) is 16.8. The van der Waals surface area contributed by atoms with Crippen LogP contribution in [0.1, 0.15) is 28.8 Å². The highest BCUT2D eigenvalue weighted by molar-refractivity contribution is 6.43. The lowest BCUT2D eigenvalue weighted by Gasteiger charge is -2.23. The Morgan fingerprint density at radius 1 is 1.07 bits per heavy atom. The fourth-order valence-corrected chi connectivity index (χ4v) is 3.07. The number of hydrogen-bond donors (Lipinski definition) is 4. The number of ether oxygens (including phenoxy) is 1. The Balaban J connectivity index is 1.94. The molecule has 2 amide bonds. The first-order chi connectivity index (χ1) is 14.4. The van der Waals surface area contributed by atoms with Crippen LogP contribution in [0.3, 0.4) is 0 Å². The zero-order chi connectivity index (χ0) is 21.9.